The van der Waals surface area contributed by atoms with Gasteiger partial charge in [-0.05, 0) is 70.9 Å². The van der Waals surface area contributed by atoms with Gasteiger partial charge in [-0.15, -0.1) is 0 Å². The lowest BCUT2D eigenvalue weighted by Crippen LogP contribution is -2.70. The summed E-state index contributed by atoms with van der Waals surface area (Å²) in [4.78, 5) is 42.0. The monoisotopic (exact) mass is 412 g/mol. The number of allylic oxidation sites excluding steroid dienone is 5. The number of rotatable bonds is 4. The van der Waals surface area contributed by atoms with Gasteiger partial charge < -0.3 is 4.74 Å². The highest BCUT2D eigenvalue weighted by molar-refractivity contribution is 6.34. The Bertz CT molecular complexity index is 907. The number of hydrogen-bond acceptors (Lipinski definition) is 4. The zero-order valence-corrected chi connectivity index (χ0v) is 19.9. The molecule has 4 nitrogen and oxygen atoms in total. The first-order valence-corrected chi connectivity index (χ1v) is 11.0. The summed E-state index contributed by atoms with van der Waals surface area (Å²) in [6.45, 7) is 17.2. The number of ketones is 3. The van der Waals surface area contributed by atoms with E-state index in [-0.39, 0.29) is 23.3 Å². The minimum Gasteiger partial charge on any atom is -0.486 e. The number of Topliss-reactive ketones (excluding diaryl/α,β-unsaturated/α-hetero) is 3. The van der Waals surface area contributed by atoms with Crippen LogP contribution in [0.2, 0.25) is 0 Å². The van der Waals surface area contributed by atoms with E-state index in [0.29, 0.717) is 17.8 Å². The van der Waals surface area contributed by atoms with E-state index >= 15 is 0 Å². The highest BCUT2D eigenvalue weighted by Crippen LogP contribution is 2.65. The van der Waals surface area contributed by atoms with Crippen molar-refractivity contribution in [2.75, 3.05) is 0 Å². The van der Waals surface area contributed by atoms with Gasteiger partial charge in [-0.25, -0.2) is 0 Å². The van der Waals surface area contributed by atoms with Crippen LogP contribution in [0.25, 0.3) is 0 Å². The molecule has 0 spiro atoms. The summed E-state index contributed by atoms with van der Waals surface area (Å²) in [5, 5.41) is 0. The topological polar surface area (TPSA) is 60.4 Å². The second-order valence-electron chi connectivity index (χ2n) is 11.2. The maximum absolute atomic E-state index is 14.2. The first-order valence-electron chi connectivity index (χ1n) is 11.0. The summed E-state index contributed by atoms with van der Waals surface area (Å²) in [6, 6.07) is 0. The van der Waals surface area contributed by atoms with Gasteiger partial charge in [0.2, 0.25) is 0 Å². The quantitative estimate of drug-likeness (QED) is 0.460. The maximum Gasteiger partial charge on any atom is 0.187 e. The molecule has 0 aromatic heterocycles. The molecule has 3 atom stereocenters. The van der Waals surface area contributed by atoms with Gasteiger partial charge in [0.15, 0.2) is 22.8 Å². The van der Waals surface area contributed by atoms with Crippen molar-refractivity contribution in [1.82, 2.24) is 0 Å². The Morgan fingerprint density at radius 2 is 1.77 bits per heavy atom. The molecule has 1 saturated carbocycles. The van der Waals surface area contributed by atoms with Crippen molar-refractivity contribution in [3.63, 3.8) is 0 Å². The minimum absolute atomic E-state index is 0.00609. The van der Waals surface area contributed by atoms with Crippen molar-refractivity contribution in [1.29, 1.82) is 0 Å². The number of hydrogen-bond donors (Lipinski definition) is 0. The van der Waals surface area contributed by atoms with Crippen LogP contribution in [0, 0.1) is 28.1 Å². The van der Waals surface area contributed by atoms with E-state index in [1.54, 1.807) is 19.9 Å². The Hall–Kier alpha value is -1.97. The lowest BCUT2D eigenvalue weighted by molar-refractivity contribution is -0.178. The van der Waals surface area contributed by atoms with Crippen molar-refractivity contribution < 1.29 is 19.1 Å². The highest BCUT2D eigenvalue weighted by Gasteiger charge is 2.74. The Kier molecular flexibility index (Phi) is 5.12. The van der Waals surface area contributed by atoms with Crippen molar-refractivity contribution in [2.45, 2.75) is 80.8 Å². The van der Waals surface area contributed by atoms with E-state index in [1.807, 2.05) is 54.5 Å². The van der Waals surface area contributed by atoms with Crippen molar-refractivity contribution in [3.8, 4) is 0 Å². The van der Waals surface area contributed by atoms with Gasteiger partial charge in [-0.2, -0.15) is 0 Å². The molecule has 1 heterocycles. The lowest BCUT2D eigenvalue weighted by atomic mass is 9.40. The van der Waals surface area contributed by atoms with Gasteiger partial charge in [0.05, 0.1) is 11.0 Å². The highest BCUT2D eigenvalue weighted by atomic mass is 16.5. The second-order valence-corrected chi connectivity index (χ2v) is 11.2. The van der Waals surface area contributed by atoms with E-state index < -0.39 is 27.8 Å². The van der Waals surface area contributed by atoms with Crippen LogP contribution in [-0.2, 0) is 19.1 Å². The van der Waals surface area contributed by atoms with Gasteiger partial charge in [0.1, 0.15) is 11.4 Å². The van der Waals surface area contributed by atoms with Gasteiger partial charge in [0.25, 0.3) is 0 Å². The third-order valence-electron chi connectivity index (χ3n) is 7.54. The molecule has 0 aromatic rings. The maximum atomic E-state index is 14.2. The molecular weight excluding hydrogens is 376 g/mol. The molecule has 0 radical (unpaired) electrons. The van der Waals surface area contributed by atoms with E-state index in [0.717, 1.165) is 6.42 Å². The fourth-order valence-corrected chi connectivity index (χ4v) is 5.68. The van der Waals surface area contributed by atoms with E-state index in [2.05, 4.69) is 6.08 Å². The fraction of sp³-hybridized carbons (Fsp3) is 0.654. The average Bonchev–Trinajstić information content (AvgIpc) is 2.61. The standard InChI is InChI=1S/C26H36O4/c1-15(2)10-11-17-14-25(9)21-18(12-13-23(5,6)30-21)20(28)26(22(25)29,24(17,7)8)19(27)16(3)4/h10,12-13,16-17H,11,14H2,1-9H3/t17-,25+,26+/m1/s1. The van der Waals surface area contributed by atoms with Crippen LogP contribution in [0.15, 0.2) is 35.1 Å². The van der Waals surface area contributed by atoms with Crippen LogP contribution < -0.4 is 0 Å². The number of fused-ring (bicyclic) bond motifs is 3. The van der Waals surface area contributed by atoms with Crippen LogP contribution in [0.3, 0.4) is 0 Å². The lowest BCUT2D eigenvalue weighted by Gasteiger charge is -2.60. The predicted octanol–water partition coefficient (Wildman–Crippen LogP) is 5.38. The molecule has 0 N–H and O–H groups in total. The zero-order chi connectivity index (χ0) is 22.9. The molecule has 0 saturated heterocycles. The smallest absolute Gasteiger partial charge is 0.187 e. The second kappa shape index (κ2) is 6.77. The summed E-state index contributed by atoms with van der Waals surface area (Å²) in [7, 11) is 0. The third-order valence-corrected chi connectivity index (χ3v) is 7.54. The molecule has 0 aromatic carbocycles. The SMILES string of the molecule is CC(C)=CC[C@@H]1C[C@]2(C)C(=O)[C@](C(=O)C(C)C)(C(=O)C3=C2OC(C)(C)C=C3)C1(C)C. The number of ether oxygens (including phenoxy) is 1. The number of carbonyl (C=O) groups excluding carboxylic acids is 3. The van der Waals surface area contributed by atoms with Crippen LogP contribution in [0.5, 0.6) is 0 Å². The van der Waals surface area contributed by atoms with Gasteiger partial charge in [0, 0.05) is 5.92 Å². The van der Waals surface area contributed by atoms with Crippen LogP contribution >= 0.6 is 0 Å². The summed E-state index contributed by atoms with van der Waals surface area (Å²) in [5.41, 5.74) is -2.49. The third kappa shape index (κ3) is 2.82. The van der Waals surface area contributed by atoms with E-state index in [9.17, 15) is 14.4 Å². The first-order chi connectivity index (χ1) is 13.6. The van der Waals surface area contributed by atoms with Gasteiger partial charge >= 0.3 is 0 Å². The molecule has 4 heteroatoms. The normalized spacial score (nSPS) is 33.9. The molecule has 1 fully saturated rings. The minimum atomic E-state index is -1.68. The zero-order valence-electron chi connectivity index (χ0n) is 19.9. The first kappa shape index (κ1) is 22.7. The van der Waals surface area contributed by atoms with Crippen molar-refractivity contribution >= 4 is 17.3 Å². The molecule has 0 amide bonds. The Balaban J connectivity index is 2.35. The molecule has 2 bridgehead atoms. The number of carbonyl (C=O) groups is 3. The molecule has 2 aliphatic carbocycles. The van der Waals surface area contributed by atoms with Crippen molar-refractivity contribution in [2.24, 2.45) is 28.1 Å². The summed E-state index contributed by atoms with van der Waals surface area (Å²) in [6.07, 6.45) is 7.06. The molecular formula is C26H36O4. The van der Waals surface area contributed by atoms with Crippen LogP contribution in [-0.4, -0.2) is 23.0 Å². The summed E-state index contributed by atoms with van der Waals surface area (Å²) in [5.74, 6) is -0.890. The molecule has 3 aliphatic rings. The summed E-state index contributed by atoms with van der Waals surface area (Å²) < 4.78 is 6.26. The average molecular weight is 413 g/mol. The Morgan fingerprint density at radius 3 is 2.30 bits per heavy atom. The van der Waals surface area contributed by atoms with E-state index in [1.165, 1.54) is 5.57 Å². The molecule has 1 aliphatic heterocycles. The van der Waals surface area contributed by atoms with Crippen molar-refractivity contribution in [3.05, 3.63) is 35.1 Å². The van der Waals surface area contributed by atoms with Crippen LogP contribution in [0.4, 0.5) is 0 Å². The Labute approximate surface area is 180 Å². The summed E-state index contributed by atoms with van der Waals surface area (Å²) >= 11 is 0. The molecule has 0 unspecified atom stereocenters. The molecule has 3 rings (SSSR count). The largest absolute Gasteiger partial charge is 0.486 e. The molecule has 164 valence electrons. The Morgan fingerprint density at radius 1 is 1.17 bits per heavy atom. The van der Waals surface area contributed by atoms with Crippen LogP contribution in [0.1, 0.15) is 75.2 Å². The van der Waals surface area contributed by atoms with Gasteiger partial charge in [-0.1, -0.05) is 39.3 Å². The van der Waals surface area contributed by atoms with Gasteiger partial charge in [-0.3, -0.25) is 14.4 Å². The van der Waals surface area contributed by atoms with E-state index in [4.69, 9.17) is 4.74 Å². The predicted molar refractivity (Wildman–Crippen MR) is 118 cm³/mol. The fourth-order valence-electron chi connectivity index (χ4n) is 5.68. The molecule has 30 heavy (non-hydrogen) atoms.